The molecule has 0 unspecified atom stereocenters. The van der Waals surface area contributed by atoms with Crippen LogP contribution >= 0.6 is 0 Å². The van der Waals surface area contributed by atoms with Crippen LogP contribution in [-0.2, 0) is 137 Å². The Kier molecular flexibility index (Phi) is 69.9. The Morgan fingerprint density at radius 2 is 0.645 bits per heavy atom. The molecule has 2 aromatic heterocycles. The lowest BCUT2D eigenvalue weighted by atomic mass is 10.1. The number of carbonyl (C=O) groups excluding carboxylic acids is 16. The molecule has 20 N–H and O–H groups in total. The highest BCUT2D eigenvalue weighted by molar-refractivity contribution is 5.90. The lowest BCUT2D eigenvalue weighted by molar-refractivity contribution is -0.129. The normalized spacial score (nSPS) is 11.7. The number of nitrogens with two attached hydrogens (primary N) is 2. The molecule has 0 fully saturated rings. The second-order valence-corrected chi connectivity index (χ2v) is 32.0. The maximum absolute atomic E-state index is 13.1. The van der Waals surface area contributed by atoms with Gasteiger partial charge >= 0.3 is 5.69 Å². The number of nitrogens with zero attached hydrogens (tertiary/aromatic N) is 3. The van der Waals surface area contributed by atoms with Gasteiger partial charge in [0.1, 0.15) is 29.2 Å². The number of amides is 16. The molecule has 796 valence electrons. The van der Waals surface area contributed by atoms with Gasteiger partial charge in [-0.3, -0.25) is 90.6 Å². The molecule has 0 aliphatic rings. The number of rotatable bonds is 88. The van der Waals surface area contributed by atoms with Crippen molar-refractivity contribution in [2.75, 3.05) is 224 Å². The number of imidazole rings is 1. The zero-order chi connectivity index (χ0) is 103. The summed E-state index contributed by atoms with van der Waals surface area (Å²) in [6.07, 6.45) is 5.31. The third kappa shape index (κ3) is 63.6. The van der Waals surface area contributed by atoms with Crippen molar-refractivity contribution in [3.8, 4) is 17.1 Å². The van der Waals surface area contributed by atoms with Crippen molar-refractivity contribution in [3.05, 3.63) is 45.1 Å². The number of fused-ring (bicyclic) bond motifs is 1. The molecule has 3 rings (SSSR count). The molecule has 0 aliphatic carbocycles. The Balaban J connectivity index is 0.997. The van der Waals surface area contributed by atoms with Gasteiger partial charge in [-0.1, -0.05) is 13.8 Å². The Labute approximate surface area is 821 Å². The van der Waals surface area contributed by atoms with Crippen LogP contribution in [0, 0.1) is 0 Å². The number of nitrogens with one attached hydrogen (secondary N) is 16. The van der Waals surface area contributed by atoms with E-state index >= 15 is 0 Å². The number of benzene rings is 1. The van der Waals surface area contributed by atoms with Gasteiger partial charge in [-0.15, -0.1) is 0 Å². The fraction of sp³-hybridized carbons (Fsp3) is 0.703. The molecule has 50 nitrogen and oxygen atoms in total. The third-order valence-corrected chi connectivity index (χ3v) is 20.2. The van der Waals surface area contributed by atoms with Crippen molar-refractivity contribution in [2.45, 2.75) is 194 Å². The van der Waals surface area contributed by atoms with E-state index in [1.807, 2.05) is 13.8 Å². The minimum absolute atomic E-state index is 0.0173. The first kappa shape index (κ1) is 123. The van der Waals surface area contributed by atoms with Crippen molar-refractivity contribution in [1.29, 1.82) is 0 Å². The predicted octanol–water partition coefficient (Wildman–Crippen LogP) is -4.34. The Morgan fingerprint density at radius 1 is 0.340 bits per heavy atom. The molecule has 3 atom stereocenters. The molecule has 3 aromatic rings. The summed E-state index contributed by atoms with van der Waals surface area (Å²) in [6.45, 7) is 14.8. The van der Waals surface area contributed by atoms with E-state index in [1.54, 1.807) is 24.3 Å². The predicted molar refractivity (Wildman–Crippen MR) is 514 cm³/mol. The van der Waals surface area contributed by atoms with Crippen molar-refractivity contribution in [3.63, 3.8) is 0 Å². The van der Waals surface area contributed by atoms with Gasteiger partial charge in [-0.2, -0.15) is 0 Å². The molecule has 1 aromatic carbocycles. The van der Waals surface area contributed by atoms with Crippen LogP contribution in [0.25, 0.3) is 22.6 Å². The van der Waals surface area contributed by atoms with Gasteiger partial charge in [-0.25, -0.2) is 9.78 Å². The third-order valence-electron chi connectivity index (χ3n) is 20.2. The van der Waals surface area contributed by atoms with Crippen molar-refractivity contribution in [2.24, 2.45) is 11.5 Å². The SMILES string of the molecule is CCCn1c(=O)c2[nH]c(-c3ccc(OCC(=O)NCCCC[C@H](N)C(=O)NCCCC[C@H](NC(C)=O)C(=O)NCCOCCOCCNC(=O)CCC(=O)NCCOCCOCCNC(=O)CCC(=O)NCCOCCOCCNC(=O)CCC(=O)NCCOCCOCCNC(=O)CCC(=O)NCCOCCOCCNC(=O)CCC(=O)N[C@@H](CCCCNC(C)=O)C(N)=O)cc3)nc2n(CCC)c1=O. The number of primary amides is 1. The van der Waals surface area contributed by atoms with Gasteiger partial charge in [-0.05, 0) is 94.9 Å². The van der Waals surface area contributed by atoms with Crippen molar-refractivity contribution in [1.82, 2.24) is 98.9 Å². The summed E-state index contributed by atoms with van der Waals surface area (Å²) in [5.41, 5.74) is 11.9. The molecule has 0 radical (unpaired) electrons. The van der Waals surface area contributed by atoms with Gasteiger partial charge in [0, 0.05) is 182 Å². The van der Waals surface area contributed by atoms with Gasteiger partial charge in [0.2, 0.25) is 88.6 Å². The van der Waals surface area contributed by atoms with Crippen LogP contribution in [0.2, 0.25) is 0 Å². The van der Waals surface area contributed by atoms with Crippen LogP contribution in [0.5, 0.6) is 5.75 Å². The summed E-state index contributed by atoms with van der Waals surface area (Å²) in [7, 11) is 0. The largest absolute Gasteiger partial charge is 0.484 e. The fourth-order valence-corrected chi connectivity index (χ4v) is 12.8. The first-order valence-corrected chi connectivity index (χ1v) is 48.4. The van der Waals surface area contributed by atoms with Crippen LogP contribution in [0.15, 0.2) is 33.9 Å². The topological polar surface area (TPSA) is 680 Å². The van der Waals surface area contributed by atoms with E-state index in [0.29, 0.717) is 126 Å². The lowest BCUT2D eigenvalue weighted by Gasteiger charge is -2.18. The summed E-state index contributed by atoms with van der Waals surface area (Å²) >= 11 is 0. The minimum Gasteiger partial charge on any atom is -0.484 e. The van der Waals surface area contributed by atoms with E-state index in [1.165, 1.54) is 23.0 Å². The minimum atomic E-state index is -0.870. The number of unbranched alkanes of at least 4 members (excludes halogenated alkanes) is 3. The molecular weight excluding hydrogens is 1850 g/mol. The standard InChI is InChI=1S/C91H153N21O29/c1-5-43-111-87-84(90(129)112(44-6-2)91(111)130)109-86(110-87)68-16-18-69(19-17-68)141-65-83(125)95-31-10-7-13-70(92)88(127)105-32-12-9-15-72(107-67(4)114)89(128)106-42-54-140-64-63-139-52-40-103-80(122)27-26-79(121)101-38-50-136-60-59-135-48-36-99-76(118)23-22-75(117)97-34-46-132-56-55-131-45-33-96-73(115)20-21-74(116)98-35-47-133-57-58-134-49-37-100-77(119)24-25-78(120)102-39-51-137-61-62-138-53-41-104-81(123)28-29-82(124)108-71(85(93)126)14-8-11-30-94-66(3)113/h16-19,70-72H,5-15,20-65,92H2,1-4H3,(H2,93,126)(H,94,113)(H,95,125)(H,96,115)(H,97,117)(H,98,116)(H,99,118)(H,100,119)(H,101,121)(H,102,120)(H,103,122)(H,104,123)(H,105,127)(H,106,128)(H,107,114)(H,108,124)(H,109,110)/t70-,71-,72-/m0/s1. The number of aromatic amines is 1. The van der Waals surface area contributed by atoms with E-state index in [0.717, 1.165) is 0 Å². The molecular formula is C91H153N21O29. The first-order chi connectivity index (χ1) is 68.1. The highest BCUT2D eigenvalue weighted by atomic mass is 16.5. The number of ether oxygens (including phenoxy) is 11. The van der Waals surface area contributed by atoms with Gasteiger partial charge < -0.3 is 148 Å². The quantitative estimate of drug-likeness (QED) is 0.0238. The van der Waals surface area contributed by atoms with Crippen LogP contribution in [0.1, 0.15) is 163 Å². The number of hydrogen-bond donors (Lipinski definition) is 18. The van der Waals surface area contributed by atoms with E-state index in [-0.39, 0.29) is 362 Å². The Morgan fingerprint density at radius 3 is 0.986 bits per heavy atom. The number of carbonyl (C=O) groups is 16. The Bertz CT molecular complexity index is 4310. The maximum atomic E-state index is 13.1. The molecule has 0 aliphatic heterocycles. The molecule has 0 saturated heterocycles. The maximum Gasteiger partial charge on any atom is 0.332 e. The number of aryl methyl sites for hydroxylation is 1. The number of hydrogen-bond acceptors (Lipinski definition) is 31. The van der Waals surface area contributed by atoms with Gasteiger partial charge in [0.05, 0.1) is 138 Å². The molecule has 16 amide bonds. The van der Waals surface area contributed by atoms with E-state index in [4.69, 9.17) is 63.6 Å². The molecule has 141 heavy (non-hydrogen) atoms. The summed E-state index contributed by atoms with van der Waals surface area (Å²) in [5, 5.41) is 40.3. The fourth-order valence-electron chi connectivity index (χ4n) is 12.8. The second-order valence-electron chi connectivity index (χ2n) is 32.0. The lowest BCUT2D eigenvalue weighted by Crippen LogP contribution is -2.47. The highest BCUT2D eigenvalue weighted by Gasteiger charge is 2.24. The average molecular weight is 2010 g/mol. The average Bonchev–Trinajstić information content (AvgIpc) is 1.62. The first-order valence-electron chi connectivity index (χ1n) is 48.4. The van der Waals surface area contributed by atoms with Gasteiger partial charge in [0.15, 0.2) is 12.3 Å². The second kappa shape index (κ2) is 79.9. The zero-order valence-corrected chi connectivity index (χ0v) is 82.2. The summed E-state index contributed by atoms with van der Waals surface area (Å²) < 4.78 is 63.0. The van der Waals surface area contributed by atoms with Crippen LogP contribution < -0.4 is 107 Å². The summed E-state index contributed by atoms with van der Waals surface area (Å²) in [5.74, 6) is -4.82. The van der Waals surface area contributed by atoms with E-state index in [2.05, 4.69) is 89.7 Å². The summed E-state index contributed by atoms with van der Waals surface area (Å²) in [6, 6.07) is 4.41. The summed E-state index contributed by atoms with van der Waals surface area (Å²) in [4.78, 5) is 228. The highest BCUT2D eigenvalue weighted by Crippen LogP contribution is 2.22. The van der Waals surface area contributed by atoms with Crippen molar-refractivity contribution < 1.29 is 129 Å². The van der Waals surface area contributed by atoms with Crippen molar-refractivity contribution >= 4 is 106 Å². The van der Waals surface area contributed by atoms with E-state index in [9.17, 15) is 86.3 Å². The van der Waals surface area contributed by atoms with Crippen LogP contribution in [-0.4, -0.2) is 356 Å². The molecule has 0 saturated carbocycles. The monoisotopic (exact) mass is 2000 g/mol. The number of H-pyrrole nitrogens is 1. The van der Waals surface area contributed by atoms with Gasteiger partial charge in [0.25, 0.3) is 11.5 Å². The molecule has 0 spiro atoms. The molecule has 2 heterocycles. The molecule has 50 heteroatoms. The zero-order valence-electron chi connectivity index (χ0n) is 82.2. The number of aromatic nitrogens is 4. The smallest absolute Gasteiger partial charge is 0.332 e. The van der Waals surface area contributed by atoms with Crippen LogP contribution in [0.4, 0.5) is 0 Å². The Hall–Kier alpha value is -11.7. The van der Waals surface area contributed by atoms with Crippen LogP contribution in [0.3, 0.4) is 0 Å². The van der Waals surface area contributed by atoms with E-state index < -0.39 is 35.5 Å². The molecule has 0 bridgehead atoms.